The number of hydrogen-bond donors (Lipinski definition) is 1. The van der Waals surface area contributed by atoms with E-state index in [0.717, 1.165) is 19.3 Å². The summed E-state index contributed by atoms with van der Waals surface area (Å²) in [5, 5.41) is 0. The van der Waals surface area contributed by atoms with E-state index >= 15 is 0 Å². The van der Waals surface area contributed by atoms with Gasteiger partial charge >= 0.3 is 0 Å². The molecule has 0 aromatic carbocycles. The lowest BCUT2D eigenvalue weighted by Gasteiger charge is -2.22. The number of rotatable bonds is 4. The summed E-state index contributed by atoms with van der Waals surface area (Å²) in [6, 6.07) is -0.224. The summed E-state index contributed by atoms with van der Waals surface area (Å²) in [7, 11) is 0. The molecule has 0 radical (unpaired) electrons. The number of carbonyl (C=O) groups is 1. The molecule has 0 heterocycles. The first-order valence-electron chi connectivity index (χ1n) is 6.46. The molecule has 0 saturated heterocycles. The third kappa shape index (κ3) is 3.60. The predicted octanol–water partition coefficient (Wildman–Crippen LogP) is 2.90. The Bertz CT molecular complexity index is 195. The topological polar surface area (TPSA) is 43.1 Å². The van der Waals surface area contributed by atoms with Crippen molar-refractivity contribution in [1.29, 1.82) is 0 Å². The second kappa shape index (κ2) is 6.26. The molecule has 0 spiro atoms. The molecule has 2 nitrogen and oxygen atoms in total. The summed E-state index contributed by atoms with van der Waals surface area (Å²) in [6.45, 7) is 4.18. The Balaban J connectivity index is 2.49. The normalized spacial score (nSPS) is 23.1. The van der Waals surface area contributed by atoms with Crippen molar-refractivity contribution in [2.45, 2.75) is 64.8 Å². The first kappa shape index (κ1) is 12.7. The summed E-state index contributed by atoms with van der Waals surface area (Å²) < 4.78 is 0. The molecule has 0 aromatic rings. The zero-order chi connectivity index (χ0) is 11.3. The Labute approximate surface area is 93.6 Å². The van der Waals surface area contributed by atoms with Crippen LogP contribution in [0.3, 0.4) is 0 Å². The van der Waals surface area contributed by atoms with Crippen LogP contribution in [0.2, 0.25) is 0 Å². The van der Waals surface area contributed by atoms with Crippen LogP contribution in [0.4, 0.5) is 0 Å². The molecular weight excluding hydrogens is 186 g/mol. The van der Waals surface area contributed by atoms with Gasteiger partial charge < -0.3 is 5.73 Å². The van der Waals surface area contributed by atoms with Crippen molar-refractivity contribution in [1.82, 2.24) is 0 Å². The van der Waals surface area contributed by atoms with Gasteiger partial charge in [-0.2, -0.15) is 0 Å². The Hall–Kier alpha value is -0.370. The minimum absolute atomic E-state index is 0.224. The fourth-order valence-corrected chi connectivity index (χ4v) is 2.37. The van der Waals surface area contributed by atoms with E-state index in [4.69, 9.17) is 5.73 Å². The fraction of sp³-hybridized carbons (Fsp3) is 0.923. The van der Waals surface area contributed by atoms with E-state index in [9.17, 15) is 4.79 Å². The first-order chi connectivity index (χ1) is 7.16. The van der Waals surface area contributed by atoms with Crippen LogP contribution in [-0.2, 0) is 4.79 Å². The molecule has 0 aliphatic heterocycles. The molecule has 0 bridgehead atoms. The Morgan fingerprint density at radius 2 is 1.80 bits per heavy atom. The van der Waals surface area contributed by atoms with Gasteiger partial charge in [0.25, 0.3) is 0 Å². The van der Waals surface area contributed by atoms with Gasteiger partial charge in [-0.3, -0.25) is 4.79 Å². The minimum atomic E-state index is -0.224. The van der Waals surface area contributed by atoms with Gasteiger partial charge in [0.2, 0.25) is 0 Å². The van der Waals surface area contributed by atoms with Crippen LogP contribution in [0.25, 0.3) is 0 Å². The first-order valence-corrected chi connectivity index (χ1v) is 6.46. The molecule has 1 saturated carbocycles. The molecule has 1 rings (SSSR count). The fourth-order valence-electron chi connectivity index (χ4n) is 2.37. The largest absolute Gasteiger partial charge is 0.321 e. The van der Waals surface area contributed by atoms with Crippen molar-refractivity contribution < 1.29 is 4.79 Å². The Morgan fingerprint density at radius 3 is 2.27 bits per heavy atom. The van der Waals surface area contributed by atoms with Gasteiger partial charge in [0, 0.05) is 5.92 Å². The van der Waals surface area contributed by atoms with Gasteiger partial charge in [0.05, 0.1) is 6.04 Å². The van der Waals surface area contributed by atoms with E-state index in [1.54, 1.807) is 0 Å². The molecule has 88 valence electrons. The van der Waals surface area contributed by atoms with Crippen LogP contribution in [0.1, 0.15) is 58.8 Å². The highest BCUT2D eigenvalue weighted by atomic mass is 16.1. The van der Waals surface area contributed by atoms with Crippen molar-refractivity contribution in [3.63, 3.8) is 0 Å². The van der Waals surface area contributed by atoms with Crippen molar-refractivity contribution in [3.05, 3.63) is 0 Å². The number of hydrogen-bond acceptors (Lipinski definition) is 2. The molecule has 1 fully saturated rings. The lowest BCUT2D eigenvalue weighted by Crippen LogP contribution is -2.40. The van der Waals surface area contributed by atoms with Crippen molar-refractivity contribution >= 4 is 5.78 Å². The number of ketones is 1. The van der Waals surface area contributed by atoms with E-state index in [1.165, 1.54) is 25.7 Å². The Morgan fingerprint density at radius 1 is 1.27 bits per heavy atom. The molecule has 2 unspecified atom stereocenters. The molecule has 2 atom stereocenters. The smallest absolute Gasteiger partial charge is 0.152 e. The van der Waals surface area contributed by atoms with Gasteiger partial charge in [-0.15, -0.1) is 0 Å². The molecule has 1 aliphatic rings. The number of Topliss-reactive ketones (excluding diaryl/α,β-unsaturated/α-hetero) is 1. The molecule has 1 aliphatic carbocycles. The quantitative estimate of drug-likeness (QED) is 0.727. The lowest BCUT2D eigenvalue weighted by atomic mass is 9.85. The van der Waals surface area contributed by atoms with E-state index in [0.29, 0.717) is 11.7 Å². The summed E-state index contributed by atoms with van der Waals surface area (Å²) in [6.07, 6.45) is 8.16. The second-order valence-electron chi connectivity index (χ2n) is 5.00. The van der Waals surface area contributed by atoms with Crippen molar-refractivity contribution in [2.24, 2.45) is 17.6 Å². The number of nitrogens with two attached hydrogens (primary N) is 1. The maximum Gasteiger partial charge on any atom is 0.152 e. The van der Waals surface area contributed by atoms with E-state index in [2.05, 4.69) is 13.8 Å². The zero-order valence-corrected chi connectivity index (χ0v) is 10.2. The third-order valence-electron chi connectivity index (χ3n) is 3.84. The number of carbonyl (C=O) groups excluding carboxylic acids is 1. The average molecular weight is 211 g/mol. The molecule has 0 amide bonds. The SMILES string of the molecule is CCC(C)C(N)C(=O)C1CCCCCC1. The standard InChI is InChI=1S/C13H25NO/c1-3-10(2)12(14)13(15)11-8-6-4-5-7-9-11/h10-12H,3-9,14H2,1-2H3. The van der Waals surface area contributed by atoms with Crippen molar-refractivity contribution in [3.8, 4) is 0 Å². The Kier molecular flexibility index (Phi) is 5.30. The molecule has 2 N–H and O–H groups in total. The van der Waals surface area contributed by atoms with Gasteiger partial charge in [0.1, 0.15) is 0 Å². The summed E-state index contributed by atoms with van der Waals surface area (Å²) in [5.74, 6) is 0.920. The summed E-state index contributed by atoms with van der Waals surface area (Å²) in [4.78, 5) is 12.1. The average Bonchev–Trinajstić information content (AvgIpc) is 2.54. The van der Waals surface area contributed by atoms with E-state index in [1.807, 2.05) is 0 Å². The van der Waals surface area contributed by atoms with Crippen LogP contribution >= 0.6 is 0 Å². The van der Waals surface area contributed by atoms with E-state index in [-0.39, 0.29) is 12.0 Å². The highest BCUT2D eigenvalue weighted by Gasteiger charge is 2.27. The zero-order valence-electron chi connectivity index (χ0n) is 10.2. The maximum atomic E-state index is 12.1. The monoisotopic (exact) mass is 211 g/mol. The third-order valence-corrected chi connectivity index (χ3v) is 3.84. The van der Waals surface area contributed by atoms with Crippen LogP contribution < -0.4 is 5.73 Å². The minimum Gasteiger partial charge on any atom is -0.321 e. The van der Waals surface area contributed by atoms with Crippen LogP contribution in [0.5, 0.6) is 0 Å². The predicted molar refractivity (Wildman–Crippen MR) is 63.6 cm³/mol. The van der Waals surface area contributed by atoms with E-state index < -0.39 is 0 Å². The van der Waals surface area contributed by atoms with Gasteiger partial charge in [-0.1, -0.05) is 46.0 Å². The molecule has 15 heavy (non-hydrogen) atoms. The molecule has 2 heteroatoms. The van der Waals surface area contributed by atoms with Crippen LogP contribution in [0.15, 0.2) is 0 Å². The van der Waals surface area contributed by atoms with Gasteiger partial charge in [-0.05, 0) is 18.8 Å². The highest BCUT2D eigenvalue weighted by Crippen LogP contribution is 2.25. The lowest BCUT2D eigenvalue weighted by molar-refractivity contribution is -0.125. The van der Waals surface area contributed by atoms with Gasteiger partial charge in [-0.25, -0.2) is 0 Å². The molecular formula is C13H25NO. The highest BCUT2D eigenvalue weighted by molar-refractivity contribution is 5.86. The summed E-state index contributed by atoms with van der Waals surface area (Å²) >= 11 is 0. The molecule has 0 aromatic heterocycles. The second-order valence-corrected chi connectivity index (χ2v) is 5.00. The maximum absolute atomic E-state index is 12.1. The van der Waals surface area contributed by atoms with Crippen LogP contribution in [-0.4, -0.2) is 11.8 Å². The summed E-state index contributed by atoms with van der Waals surface area (Å²) in [5.41, 5.74) is 6.00. The van der Waals surface area contributed by atoms with Gasteiger partial charge in [0.15, 0.2) is 5.78 Å². The van der Waals surface area contributed by atoms with Crippen molar-refractivity contribution in [2.75, 3.05) is 0 Å². The van der Waals surface area contributed by atoms with Crippen LogP contribution in [0, 0.1) is 11.8 Å².